The lowest BCUT2D eigenvalue weighted by molar-refractivity contribution is 0.0743. The van der Waals surface area contributed by atoms with Crippen LogP contribution in [0.1, 0.15) is 36.5 Å². The van der Waals surface area contributed by atoms with Gasteiger partial charge in [0.25, 0.3) is 5.91 Å². The molecule has 4 heteroatoms. The number of carbonyl (C=O) groups is 1. The highest BCUT2D eigenvalue weighted by molar-refractivity contribution is 5.97. The van der Waals surface area contributed by atoms with Crippen LogP contribution in [0.3, 0.4) is 0 Å². The first-order chi connectivity index (χ1) is 10.3. The first kappa shape index (κ1) is 13.7. The van der Waals surface area contributed by atoms with E-state index in [4.69, 9.17) is 0 Å². The molecule has 1 amide bonds. The Kier molecular flexibility index (Phi) is 3.95. The molecule has 0 fully saturated rings. The number of unbranched alkanes of at least 4 members (excludes halogenated alkanes) is 1. The minimum absolute atomic E-state index is 0.0775. The van der Waals surface area contributed by atoms with E-state index in [1.165, 1.54) is 0 Å². The van der Waals surface area contributed by atoms with Crippen LogP contribution in [0.15, 0.2) is 42.7 Å². The molecule has 4 nitrogen and oxygen atoms in total. The van der Waals surface area contributed by atoms with Gasteiger partial charge in [-0.2, -0.15) is 0 Å². The number of rotatable bonds is 4. The van der Waals surface area contributed by atoms with Crippen LogP contribution in [0, 0.1) is 0 Å². The number of carbonyl (C=O) groups excluding carboxylic acids is 1. The lowest BCUT2D eigenvalue weighted by atomic mass is 10.1. The van der Waals surface area contributed by atoms with Gasteiger partial charge in [-0.05, 0) is 24.6 Å². The topological polar surface area (TPSA) is 46.1 Å². The Labute approximate surface area is 124 Å². The molecule has 2 aromatic rings. The second kappa shape index (κ2) is 6.04. The van der Waals surface area contributed by atoms with Crippen molar-refractivity contribution in [1.82, 2.24) is 14.9 Å². The van der Waals surface area contributed by atoms with E-state index >= 15 is 0 Å². The molecular formula is C17H19N3O. The standard InChI is InChI=1S/C17H19N3O/c1-2-3-5-14-6-4-11-20(14)17(21)13-7-8-15-16(12-13)19-10-9-18-15/h4,6-10,12,14H,2-3,5,11H2,1H3/t14-/m0/s1. The number of nitrogens with zero attached hydrogens (tertiary/aromatic N) is 3. The number of amides is 1. The molecule has 0 bridgehead atoms. The second-order valence-electron chi connectivity index (χ2n) is 5.36. The molecule has 21 heavy (non-hydrogen) atoms. The fourth-order valence-corrected chi connectivity index (χ4v) is 2.73. The van der Waals surface area contributed by atoms with E-state index in [0.717, 1.165) is 30.3 Å². The zero-order valence-electron chi connectivity index (χ0n) is 12.2. The summed E-state index contributed by atoms with van der Waals surface area (Å²) in [5, 5.41) is 0. The smallest absolute Gasteiger partial charge is 0.254 e. The van der Waals surface area contributed by atoms with Crippen molar-refractivity contribution in [3.8, 4) is 0 Å². The Bertz CT molecular complexity index is 681. The maximum atomic E-state index is 12.7. The fraction of sp³-hybridized carbons (Fsp3) is 0.353. The van der Waals surface area contributed by atoms with Crippen molar-refractivity contribution >= 4 is 16.9 Å². The van der Waals surface area contributed by atoms with E-state index in [9.17, 15) is 4.79 Å². The minimum Gasteiger partial charge on any atom is -0.328 e. The van der Waals surface area contributed by atoms with Crippen LogP contribution in [0.2, 0.25) is 0 Å². The number of hydrogen-bond donors (Lipinski definition) is 0. The summed E-state index contributed by atoms with van der Waals surface area (Å²) in [6.45, 7) is 2.87. The van der Waals surface area contributed by atoms with E-state index in [2.05, 4.69) is 29.0 Å². The molecule has 3 rings (SSSR count). The lowest BCUT2D eigenvalue weighted by Gasteiger charge is -2.24. The molecule has 0 saturated heterocycles. The highest BCUT2D eigenvalue weighted by atomic mass is 16.2. The Hall–Kier alpha value is -2.23. The molecular weight excluding hydrogens is 262 g/mol. The van der Waals surface area contributed by atoms with E-state index in [0.29, 0.717) is 12.1 Å². The molecule has 0 aliphatic carbocycles. The zero-order valence-corrected chi connectivity index (χ0v) is 12.2. The van der Waals surface area contributed by atoms with E-state index < -0.39 is 0 Å². The molecule has 0 unspecified atom stereocenters. The quantitative estimate of drug-likeness (QED) is 0.808. The van der Waals surface area contributed by atoms with Crippen LogP contribution in [0.4, 0.5) is 0 Å². The van der Waals surface area contributed by atoms with E-state index in [1.807, 2.05) is 23.1 Å². The lowest BCUT2D eigenvalue weighted by Crippen LogP contribution is -2.36. The Balaban J connectivity index is 1.82. The van der Waals surface area contributed by atoms with Gasteiger partial charge in [0.2, 0.25) is 0 Å². The highest BCUT2D eigenvalue weighted by Crippen LogP contribution is 2.20. The normalized spacial score (nSPS) is 17.6. The van der Waals surface area contributed by atoms with Gasteiger partial charge >= 0.3 is 0 Å². The molecule has 1 aliphatic heterocycles. The van der Waals surface area contributed by atoms with Crippen molar-refractivity contribution in [2.75, 3.05) is 6.54 Å². The van der Waals surface area contributed by atoms with Crippen molar-refractivity contribution in [2.24, 2.45) is 0 Å². The molecule has 1 aliphatic rings. The molecule has 1 atom stereocenters. The van der Waals surface area contributed by atoms with Gasteiger partial charge in [0.15, 0.2) is 0 Å². The van der Waals surface area contributed by atoms with Gasteiger partial charge in [-0.1, -0.05) is 31.9 Å². The summed E-state index contributed by atoms with van der Waals surface area (Å²) in [7, 11) is 0. The van der Waals surface area contributed by atoms with Crippen LogP contribution >= 0.6 is 0 Å². The van der Waals surface area contributed by atoms with Crippen molar-refractivity contribution in [3.05, 3.63) is 48.3 Å². The Morgan fingerprint density at radius 2 is 2.10 bits per heavy atom. The van der Waals surface area contributed by atoms with Gasteiger partial charge in [0, 0.05) is 24.5 Å². The summed E-state index contributed by atoms with van der Waals surface area (Å²) in [6.07, 6.45) is 10.9. The highest BCUT2D eigenvalue weighted by Gasteiger charge is 2.25. The fourth-order valence-electron chi connectivity index (χ4n) is 2.73. The largest absolute Gasteiger partial charge is 0.328 e. The van der Waals surface area contributed by atoms with Crippen molar-refractivity contribution in [1.29, 1.82) is 0 Å². The van der Waals surface area contributed by atoms with Gasteiger partial charge in [-0.15, -0.1) is 0 Å². The van der Waals surface area contributed by atoms with Crippen LogP contribution < -0.4 is 0 Å². The third-order valence-corrected chi connectivity index (χ3v) is 3.89. The van der Waals surface area contributed by atoms with Crippen LogP contribution in [-0.2, 0) is 0 Å². The van der Waals surface area contributed by atoms with Gasteiger partial charge in [0.05, 0.1) is 17.1 Å². The monoisotopic (exact) mass is 281 g/mol. The summed E-state index contributed by atoms with van der Waals surface area (Å²) >= 11 is 0. The zero-order chi connectivity index (χ0) is 14.7. The molecule has 1 aromatic carbocycles. The third kappa shape index (κ3) is 2.79. The predicted octanol–water partition coefficient (Wildman–Crippen LogP) is 3.20. The second-order valence-corrected chi connectivity index (χ2v) is 5.36. The molecule has 0 spiro atoms. The van der Waals surface area contributed by atoms with Gasteiger partial charge < -0.3 is 4.90 Å². The Morgan fingerprint density at radius 3 is 2.90 bits per heavy atom. The van der Waals surface area contributed by atoms with Gasteiger partial charge in [-0.3, -0.25) is 14.8 Å². The maximum absolute atomic E-state index is 12.7. The maximum Gasteiger partial charge on any atom is 0.254 e. The Morgan fingerprint density at radius 1 is 1.29 bits per heavy atom. The van der Waals surface area contributed by atoms with Gasteiger partial charge in [-0.25, -0.2) is 0 Å². The van der Waals surface area contributed by atoms with Crippen LogP contribution in [-0.4, -0.2) is 33.4 Å². The summed E-state index contributed by atoms with van der Waals surface area (Å²) < 4.78 is 0. The van der Waals surface area contributed by atoms with E-state index in [-0.39, 0.29) is 11.9 Å². The van der Waals surface area contributed by atoms with Crippen LogP contribution in [0.25, 0.3) is 11.0 Å². The average molecular weight is 281 g/mol. The summed E-state index contributed by atoms with van der Waals surface area (Å²) in [5.74, 6) is 0.0775. The first-order valence-electron chi connectivity index (χ1n) is 7.48. The molecule has 1 aromatic heterocycles. The summed E-state index contributed by atoms with van der Waals surface area (Å²) in [4.78, 5) is 23.1. The van der Waals surface area contributed by atoms with Crippen molar-refractivity contribution in [2.45, 2.75) is 32.2 Å². The molecule has 0 saturated carbocycles. The predicted molar refractivity (Wildman–Crippen MR) is 83.0 cm³/mol. The summed E-state index contributed by atoms with van der Waals surface area (Å²) in [5.41, 5.74) is 2.27. The summed E-state index contributed by atoms with van der Waals surface area (Å²) in [6, 6.07) is 5.77. The average Bonchev–Trinajstić information content (AvgIpc) is 3.00. The van der Waals surface area contributed by atoms with E-state index in [1.54, 1.807) is 12.4 Å². The van der Waals surface area contributed by atoms with Crippen molar-refractivity contribution in [3.63, 3.8) is 0 Å². The minimum atomic E-state index is 0.0775. The number of hydrogen-bond acceptors (Lipinski definition) is 3. The molecule has 108 valence electrons. The number of benzene rings is 1. The first-order valence-corrected chi connectivity index (χ1v) is 7.48. The molecule has 0 N–H and O–H groups in total. The number of aromatic nitrogens is 2. The van der Waals surface area contributed by atoms with Crippen LogP contribution in [0.5, 0.6) is 0 Å². The SMILES string of the molecule is CCCC[C@H]1C=CCN1C(=O)c1ccc2nccnc2c1. The number of fused-ring (bicyclic) bond motifs is 1. The molecule has 2 heterocycles. The third-order valence-electron chi connectivity index (χ3n) is 3.89. The van der Waals surface area contributed by atoms with Gasteiger partial charge in [0.1, 0.15) is 0 Å². The van der Waals surface area contributed by atoms with Crippen molar-refractivity contribution < 1.29 is 4.79 Å². The molecule has 0 radical (unpaired) electrons.